The molecule has 1 atom stereocenters. The number of aliphatic hydroxyl groups excluding tert-OH is 1. The highest BCUT2D eigenvalue weighted by atomic mass is 16.5. The standard InChI is InChI=1S/C10H13NO3/c1-2-14-10(13)9(12)7-5-3-4-6-8(7)11/h3-6,9,12H,2,11H2,1H3. The first-order valence-electron chi connectivity index (χ1n) is 4.36. The Morgan fingerprint density at radius 2 is 2.21 bits per heavy atom. The first-order chi connectivity index (χ1) is 6.66. The molecule has 14 heavy (non-hydrogen) atoms. The molecule has 0 aromatic heterocycles. The van der Waals surface area contributed by atoms with Gasteiger partial charge in [-0.2, -0.15) is 0 Å². The van der Waals surface area contributed by atoms with E-state index in [0.717, 1.165) is 0 Å². The number of hydrogen-bond acceptors (Lipinski definition) is 4. The van der Waals surface area contributed by atoms with Gasteiger partial charge in [0, 0.05) is 11.3 Å². The van der Waals surface area contributed by atoms with Gasteiger partial charge in [-0.25, -0.2) is 4.79 Å². The minimum Gasteiger partial charge on any atom is -0.464 e. The number of para-hydroxylation sites is 1. The predicted octanol–water partition coefficient (Wildman–Crippen LogP) is 0.865. The second-order valence-corrected chi connectivity index (χ2v) is 2.78. The number of esters is 1. The summed E-state index contributed by atoms with van der Waals surface area (Å²) in [7, 11) is 0. The third-order valence-corrected chi connectivity index (χ3v) is 1.80. The molecule has 0 radical (unpaired) electrons. The molecule has 0 heterocycles. The molecule has 3 N–H and O–H groups in total. The van der Waals surface area contributed by atoms with Gasteiger partial charge in [-0.1, -0.05) is 18.2 Å². The molecule has 76 valence electrons. The lowest BCUT2D eigenvalue weighted by Crippen LogP contribution is -2.16. The fraction of sp³-hybridized carbons (Fsp3) is 0.300. The minimum atomic E-state index is -1.30. The van der Waals surface area contributed by atoms with Gasteiger partial charge in [0.1, 0.15) is 0 Å². The smallest absolute Gasteiger partial charge is 0.339 e. The van der Waals surface area contributed by atoms with Crippen molar-refractivity contribution in [1.29, 1.82) is 0 Å². The van der Waals surface area contributed by atoms with Gasteiger partial charge in [-0.15, -0.1) is 0 Å². The molecule has 0 saturated heterocycles. The van der Waals surface area contributed by atoms with Crippen molar-refractivity contribution < 1.29 is 14.6 Å². The van der Waals surface area contributed by atoms with Gasteiger partial charge < -0.3 is 15.6 Å². The van der Waals surface area contributed by atoms with Crippen molar-refractivity contribution in [3.63, 3.8) is 0 Å². The Balaban J connectivity index is 2.84. The van der Waals surface area contributed by atoms with Gasteiger partial charge in [0.2, 0.25) is 0 Å². The van der Waals surface area contributed by atoms with Gasteiger partial charge in [-0.3, -0.25) is 0 Å². The summed E-state index contributed by atoms with van der Waals surface area (Å²) in [5, 5.41) is 9.55. The Kier molecular flexibility index (Phi) is 3.48. The highest BCUT2D eigenvalue weighted by molar-refractivity contribution is 5.78. The molecule has 0 aliphatic carbocycles. The van der Waals surface area contributed by atoms with Gasteiger partial charge in [0.05, 0.1) is 6.61 Å². The van der Waals surface area contributed by atoms with E-state index >= 15 is 0 Å². The van der Waals surface area contributed by atoms with Crippen LogP contribution in [0.1, 0.15) is 18.6 Å². The summed E-state index contributed by atoms with van der Waals surface area (Å²) in [4.78, 5) is 11.2. The maximum absolute atomic E-state index is 11.2. The second-order valence-electron chi connectivity index (χ2n) is 2.78. The third-order valence-electron chi connectivity index (χ3n) is 1.80. The van der Waals surface area contributed by atoms with Gasteiger partial charge in [-0.05, 0) is 13.0 Å². The number of carbonyl (C=O) groups excluding carboxylic acids is 1. The van der Waals surface area contributed by atoms with Crippen LogP contribution in [0.5, 0.6) is 0 Å². The number of nitrogens with two attached hydrogens (primary N) is 1. The van der Waals surface area contributed by atoms with Gasteiger partial charge >= 0.3 is 5.97 Å². The van der Waals surface area contributed by atoms with Crippen molar-refractivity contribution in [2.45, 2.75) is 13.0 Å². The molecular formula is C10H13NO3. The van der Waals surface area contributed by atoms with E-state index in [2.05, 4.69) is 4.74 Å². The fourth-order valence-electron chi connectivity index (χ4n) is 1.11. The Morgan fingerprint density at radius 1 is 1.57 bits per heavy atom. The predicted molar refractivity (Wildman–Crippen MR) is 52.4 cm³/mol. The van der Waals surface area contributed by atoms with Crippen molar-refractivity contribution >= 4 is 11.7 Å². The van der Waals surface area contributed by atoms with Gasteiger partial charge in [0.15, 0.2) is 6.10 Å². The van der Waals surface area contributed by atoms with Crippen LogP contribution in [0.3, 0.4) is 0 Å². The first-order valence-corrected chi connectivity index (χ1v) is 4.36. The molecule has 0 bridgehead atoms. The van der Waals surface area contributed by atoms with Crippen LogP contribution in [-0.4, -0.2) is 17.7 Å². The Labute approximate surface area is 82.3 Å². The molecule has 0 fully saturated rings. The van der Waals surface area contributed by atoms with Crippen molar-refractivity contribution in [3.05, 3.63) is 29.8 Å². The van der Waals surface area contributed by atoms with Crippen molar-refractivity contribution in [2.24, 2.45) is 0 Å². The van der Waals surface area contributed by atoms with E-state index in [1.165, 1.54) is 0 Å². The van der Waals surface area contributed by atoms with Crippen LogP contribution in [0.15, 0.2) is 24.3 Å². The number of nitrogen functional groups attached to an aromatic ring is 1. The number of hydrogen-bond donors (Lipinski definition) is 2. The molecule has 1 unspecified atom stereocenters. The third kappa shape index (κ3) is 2.23. The van der Waals surface area contributed by atoms with Crippen LogP contribution >= 0.6 is 0 Å². The minimum absolute atomic E-state index is 0.239. The van der Waals surface area contributed by atoms with E-state index in [9.17, 15) is 9.90 Å². The van der Waals surface area contributed by atoms with E-state index in [4.69, 9.17) is 5.73 Å². The average molecular weight is 195 g/mol. The zero-order chi connectivity index (χ0) is 10.6. The average Bonchev–Trinajstić information content (AvgIpc) is 2.18. The van der Waals surface area contributed by atoms with Crippen molar-refractivity contribution in [3.8, 4) is 0 Å². The number of rotatable bonds is 3. The summed E-state index contributed by atoms with van der Waals surface area (Å²) in [6.07, 6.45) is -1.30. The largest absolute Gasteiger partial charge is 0.464 e. The summed E-state index contributed by atoms with van der Waals surface area (Å²) in [5.41, 5.74) is 6.35. The molecule has 1 aromatic rings. The highest BCUT2D eigenvalue weighted by Crippen LogP contribution is 2.20. The normalized spacial score (nSPS) is 12.1. The quantitative estimate of drug-likeness (QED) is 0.554. The topological polar surface area (TPSA) is 72.5 Å². The lowest BCUT2D eigenvalue weighted by Gasteiger charge is -2.11. The van der Waals surface area contributed by atoms with E-state index < -0.39 is 12.1 Å². The van der Waals surface area contributed by atoms with Crippen LogP contribution < -0.4 is 5.73 Å². The molecule has 1 aromatic carbocycles. The maximum Gasteiger partial charge on any atom is 0.339 e. The number of anilines is 1. The monoisotopic (exact) mass is 195 g/mol. The molecular weight excluding hydrogens is 182 g/mol. The molecule has 0 saturated carbocycles. The van der Waals surface area contributed by atoms with E-state index in [-0.39, 0.29) is 6.61 Å². The molecule has 0 aliphatic heterocycles. The molecule has 0 amide bonds. The lowest BCUT2D eigenvalue weighted by atomic mass is 10.1. The van der Waals surface area contributed by atoms with Crippen LogP contribution in [0.4, 0.5) is 5.69 Å². The molecule has 0 spiro atoms. The van der Waals surface area contributed by atoms with Crippen molar-refractivity contribution in [2.75, 3.05) is 12.3 Å². The molecule has 0 aliphatic rings. The van der Waals surface area contributed by atoms with Gasteiger partial charge in [0.25, 0.3) is 0 Å². The van der Waals surface area contributed by atoms with E-state index in [1.807, 2.05) is 0 Å². The molecule has 1 rings (SSSR count). The molecule has 4 nitrogen and oxygen atoms in total. The Bertz CT molecular complexity index is 325. The zero-order valence-corrected chi connectivity index (χ0v) is 7.93. The number of ether oxygens (including phenoxy) is 1. The van der Waals surface area contributed by atoms with E-state index in [1.54, 1.807) is 31.2 Å². The fourth-order valence-corrected chi connectivity index (χ4v) is 1.11. The van der Waals surface area contributed by atoms with Crippen LogP contribution in [-0.2, 0) is 9.53 Å². The van der Waals surface area contributed by atoms with Crippen LogP contribution in [0.2, 0.25) is 0 Å². The number of benzene rings is 1. The van der Waals surface area contributed by atoms with Crippen LogP contribution in [0, 0.1) is 0 Å². The Hall–Kier alpha value is -1.55. The Morgan fingerprint density at radius 3 is 2.79 bits per heavy atom. The SMILES string of the molecule is CCOC(=O)C(O)c1ccccc1N. The summed E-state index contributed by atoms with van der Waals surface area (Å²) in [6, 6.07) is 6.65. The second kappa shape index (κ2) is 4.62. The number of carbonyl (C=O) groups is 1. The zero-order valence-electron chi connectivity index (χ0n) is 7.93. The van der Waals surface area contributed by atoms with E-state index in [0.29, 0.717) is 11.3 Å². The highest BCUT2D eigenvalue weighted by Gasteiger charge is 2.20. The summed E-state index contributed by atoms with van der Waals surface area (Å²) in [6.45, 7) is 1.92. The summed E-state index contributed by atoms with van der Waals surface area (Å²) in [5.74, 6) is -0.676. The summed E-state index contributed by atoms with van der Waals surface area (Å²) >= 11 is 0. The summed E-state index contributed by atoms with van der Waals surface area (Å²) < 4.78 is 4.67. The van der Waals surface area contributed by atoms with Crippen LogP contribution in [0.25, 0.3) is 0 Å². The maximum atomic E-state index is 11.2. The van der Waals surface area contributed by atoms with Crippen molar-refractivity contribution in [1.82, 2.24) is 0 Å². The number of aliphatic hydroxyl groups is 1. The molecule has 4 heteroatoms. The first kappa shape index (κ1) is 10.5. The lowest BCUT2D eigenvalue weighted by molar-refractivity contribution is -0.153.